The second-order valence-corrected chi connectivity index (χ2v) is 31.9. The number of esters is 4. The summed E-state index contributed by atoms with van der Waals surface area (Å²) < 4.78 is 24.6. The van der Waals surface area contributed by atoms with Gasteiger partial charge in [-0.25, -0.2) is 0 Å². The van der Waals surface area contributed by atoms with Crippen LogP contribution >= 0.6 is 0 Å². The van der Waals surface area contributed by atoms with Gasteiger partial charge in [0.15, 0.2) is 0 Å². The molecule has 0 fully saturated rings. The Kier molecular flexibility index (Phi) is 80.0. The summed E-state index contributed by atoms with van der Waals surface area (Å²) in [6.07, 6.45) is 92.4. The summed E-state index contributed by atoms with van der Waals surface area (Å²) >= 11 is 0. The van der Waals surface area contributed by atoms with E-state index in [2.05, 4.69) is 88.5 Å². The zero-order valence-electron chi connectivity index (χ0n) is 71.0. The van der Waals surface area contributed by atoms with Crippen molar-refractivity contribution < 1.29 is 57.9 Å². The molecule has 0 rings (SSSR count). The zero-order valence-corrected chi connectivity index (χ0v) is 71.0. The molecule has 0 aromatic carbocycles. The lowest BCUT2D eigenvalue weighted by Crippen LogP contribution is -2.52. The van der Waals surface area contributed by atoms with Crippen LogP contribution in [0.2, 0.25) is 0 Å². The monoisotopic (exact) mass is 1520 g/mol. The Labute approximate surface area is 665 Å². The predicted octanol–water partition coefficient (Wildman–Crippen LogP) is 29.3. The van der Waals surface area contributed by atoms with Crippen LogP contribution in [0.15, 0.2) is 60.8 Å². The minimum Gasteiger partial charge on any atom is -0.481 e. The van der Waals surface area contributed by atoms with Gasteiger partial charge in [0.25, 0.3) is 0 Å². The molecular formula is C96H172O12. The smallest absolute Gasteiger partial charge is 0.310 e. The van der Waals surface area contributed by atoms with Crippen molar-refractivity contribution >= 4 is 35.8 Å². The molecule has 0 saturated heterocycles. The van der Waals surface area contributed by atoms with Crippen molar-refractivity contribution in [1.82, 2.24) is 0 Å². The summed E-state index contributed by atoms with van der Waals surface area (Å²) in [5.41, 5.74) is -1.80. The summed E-state index contributed by atoms with van der Waals surface area (Å²) in [5.74, 6) is -5.77. The molecule has 2 N–H and O–H groups in total. The van der Waals surface area contributed by atoms with Crippen LogP contribution in [-0.4, -0.2) is 72.5 Å². The third kappa shape index (κ3) is 70.6. The SMILES string of the molecule is CCCCCCCC/C=C\CCCCCCCC(=O)OCC(COC(=O)CCCCCCC/C=C\CCCCCCCC)C(CCCCCCC=CCCCCCCCC(=O)O)(C(=O)O)C(COC(=O)CCCCCCC/C=C\CCCCCCCC)COC(=O)CCCCCCC/C=C\CCCCCCCC. The summed E-state index contributed by atoms with van der Waals surface area (Å²) in [6.45, 7) is 7.70. The van der Waals surface area contributed by atoms with Crippen LogP contribution in [0.3, 0.4) is 0 Å². The molecule has 0 aromatic heterocycles. The predicted molar refractivity (Wildman–Crippen MR) is 455 cm³/mol. The van der Waals surface area contributed by atoms with E-state index >= 15 is 0 Å². The van der Waals surface area contributed by atoms with Crippen molar-refractivity contribution in [2.24, 2.45) is 17.3 Å². The fourth-order valence-corrected chi connectivity index (χ4v) is 14.6. The van der Waals surface area contributed by atoms with Gasteiger partial charge in [0.2, 0.25) is 0 Å². The molecule has 108 heavy (non-hydrogen) atoms. The number of unbranched alkanes of at least 4 members (excludes halogenated alkanes) is 53. The molecule has 0 spiro atoms. The Bertz CT molecular complexity index is 1950. The average Bonchev–Trinajstić information content (AvgIpc) is 0.778. The first-order chi connectivity index (χ1) is 53.0. The van der Waals surface area contributed by atoms with Crippen LogP contribution in [0.5, 0.6) is 0 Å². The van der Waals surface area contributed by atoms with Crippen LogP contribution in [0.1, 0.15) is 471 Å². The first-order valence-corrected chi connectivity index (χ1v) is 46.3. The quantitative estimate of drug-likeness (QED) is 0.0255. The average molecular weight is 1520 g/mol. The highest BCUT2D eigenvalue weighted by molar-refractivity contribution is 5.77. The van der Waals surface area contributed by atoms with E-state index in [1.165, 1.54) is 154 Å². The molecule has 0 aliphatic carbocycles. The fourth-order valence-electron chi connectivity index (χ4n) is 14.6. The van der Waals surface area contributed by atoms with Gasteiger partial charge in [-0.2, -0.15) is 0 Å². The topological polar surface area (TPSA) is 180 Å². The van der Waals surface area contributed by atoms with E-state index in [0.717, 1.165) is 212 Å². The number of carbonyl (C=O) groups excluding carboxylic acids is 4. The van der Waals surface area contributed by atoms with E-state index < -0.39 is 53.1 Å². The number of aliphatic carboxylic acids is 2. The number of allylic oxidation sites excluding steroid dienone is 10. The number of carboxylic acid groups (broad SMARTS) is 2. The minimum absolute atomic E-state index is 0.0924. The first-order valence-electron chi connectivity index (χ1n) is 46.3. The molecule has 0 radical (unpaired) electrons. The number of carbonyl (C=O) groups is 6. The van der Waals surface area contributed by atoms with Gasteiger partial charge < -0.3 is 29.2 Å². The molecule has 12 heteroatoms. The molecule has 0 aliphatic rings. The molecule has 0 atom stereocenters. The highest BCUT2D eigenvalue weighted by atomic mass is 16.6. The van der Waals surface area contributed by atoms with E-state index in [1.807, 2.05) is 0 Å². The van der Waals surface area contributed by atoms with Crippen LogP contribution in [0.25, 0.3) is 0 Å². The van der Waals surface area contributed by atoms with E-state index in [1.54, 1.807) is 0 Å². The zero-order chi connectivity index (χ0) is 78.6. The van der Waals surface area contributed by atoms with Gasteiger partial charge in [0, 0.05) is 43.9 Å². The molecular weight excluding hydrogens is 1350 g/mol. The van der Waals surface area contributed by atoms with E-state index in [-0.39, 0.29) is 65.0 Å². The Morgan fingerprint density at radius 1 is 0.231 bits per heavy atom. The minimum atomic E-state index is -1.80. The lowest BCUT2D eigenvalue weighted by Gasteiger charge is -2.42. The van der Waals surface area contributed by atoms with Crippen molar-refractivity contribution in [2.75, 3.05) is 26.4 Å². The van der Waals surface area contributed by atoms with Crippen molar-refractivity contribution in [2.45, 2.75) is 471 Å². The van der Waals surface area contributed by atoms with Gasteiger partial charge in [0.05, 0.1) is 31.8 Å². The molecule has 0 aromatic rings. The van der Waals surface area contributed by atoms with E-state index in [0.29, 0.717) is 38.5 Å². The maximum Gasteiger partial charge on any atom is 0.310 e. The normalized spacial score (nSPS) is 12.1. The molecule has 0 heterocycles. The van der Waals surface area contributed by atoms with Crippen molar-refractivity contribution in [3.8, 4) is 0 Å². The number of hydrogen-bond acceptors (Lipinski definition) is 10. The summed E-state index contributed by atoms with van der Waals surface area (Å²) in [4.78, 5) is 81.3. The van der Waals surface area contributed by atoms with Gasteiger partial charge in [-0.3, -0.25) is 28.8 Å². The Balaban J connectivity index is 6.76. The maximum absolute atomic E-state index is 14.8. The number of rotatable bonds is 86. The molecule has 0 saturated carbocycles. The molecule has 0 unspecified atom stereocenters. The fraction of sp³-hybridized carbons (Fsp3) is 0.833. The van der Waals surface area contributed by atoms with Crippen LogP contribution in [-0.2, 0) is 47.7 Å². The Morgan fingerprint density at radius 3 is 0.583 bits per heavy atom. The maximum atomic E-state index is 14.8. The largest absolute Gasteiger partial charge is 0.481 e. The molecule has 12 nitrogen and oxygen atoms in total. The number of carboxylic acids is 2. The second kappa shape index (κ2) is 83.5. The summed E-state index contributed by atoms with van der Waals surface area (Å²) in [6, 6.07) is 0. The first kappa shape index (κ1) is 104. The Hall–Kier alpha value is -4.48. The molecule has 628 valence electrons. The highest BCUT2D eigenvalue weighted by Gasteiger charge is 2.53. The highest BCUT2D eigenvalue weighted by Crippen LogP contribution is 2.44. The van der Waals surface area contributed by atoms with Gasteiger partial charge in [-0.1, -0.05) is 332 Å². The molecule has 0 aliphatic heterocycles. The standard InChI is InChI=1S/C96H172O12/c1-5-9-13-17-21-25-29-33-37-43-49-55-61-67-73-79-91(99)105-84-88(85-106-92(100)80-74-68-62-56-50-44-38-34-30-26-22-18-14-10-6-2)96(95(103)104,83-77-71-65-59-53-47-41-42-48-54-60-66-72-78-90(97)98)89(86-107-93(101)81-75-69-63-57-51-45-39-35-31-27-23-19-15-11-7-3)87-108-94(102)82-76-70-64-58-52-46-40-36-32-28-24-20-16-12-8-4/h33-41,47,88-89H,5-32,42-46,48-87H2,1-4H3,(H,97,98)(H,103,104)/b37-33-,38-34-,39-35-,40-36-,47-41?. The third-order valence-electron chi connectivity index (χ3n) is 21.8. The van der Waals surface area contributed by atoms with Gasteiger partial charge in [-0.05, 0) is 167 Å². The third-order valence-corrected chi connectivity index (χ3v) is 21.8. The number of hydrogen-bond donors (Lipinski definition) is 2. The Morgan fingerprint density at radius 2 is 0.398 bits per heavy atom. The molecule has 0 amide bonds. The lowest BCUT2D eigenvalue weighted by atomic mass is 9.64. The van der Waals surface area contributed by atoms with Crippen molar-refractivity contribution in [1.29, 1.82) is 0 Å². The van der Waals surface area contributed by atoms with Gasteiger partial charge in [-0.15, -0.1) is 0 Å². The van der Waals surface area contributed by atoms with Gasteiger partial charge in [0.1, 0.15) is 0 Å². The van der Waals surface area contributed by atoms with Crippen molar-refractivity contribution in [3.63, 3.8) is 0 Å². The summed E-state index contributed by atoms with van der Waals surface area (Å²) in [5, 5.41) is 21.0. The van der Waals surface area contributed by atoms with Crippen LogP contribution in [0.4, 0.5) is 0 Å². The second-order valence-electron chi connectivity index (χ2n) is 31.9. The number of ether oxygens (including phenoxy) is 4. The van der Waals surface area contributed by atoms with Gasteiger partial charge >= 0.3 is 35.8 Å². The lowest BCUT2D eigenvalue weighted by molar-refractivity contribution is -0.180. The van der Waals surface area contributed by atoms with Crippen molar-refractivity contribution in [3.05, 3.63) is 60.8 Å². The van der Waals surface area contributed by atoms with E-state index in [9.17, 15) is 33.9 Å². The summed E-state index contributed by atoms with van der Waals surface area (Å²) in [7, 11) is 0. The van der Waals surface area contributed by atoms with E-state index in [4.69, 9.17) is 24.1 Å². The molecule has 0 bridgehead atoms. The van der Waals surface area contributed by atoms with Crippen LogP contribution < -0.4 is 0 Å². The van der Waals surface area contributed by atoms with Crippen LogP contribution in [0, 0.1) is 17.3 Å².